The molecule has 6 heteroatoms. The summed E-state index contributed by atoms with van der Waals surface area (Å²) in [6.45, 7) is 4.56. The molecular formula is C13H14BrN3OS. The van der Waals surface area contributed by atoms with Gasteiger partial charge >= 0.3 is 0 Å². The first-order chi connectivity index (χ1) is 9.19. The Labute approximate surface area is 124 Å². The Hall–Kier alpha value is -1.40. The molecule has 1 heterocycles. The van der Waals surface area contributed by atoms with Gasteiger partial charge in [-0.05, 0) is 53.5 Å². The zero-order chi connectivity index (χ0) is 13.7. The summed E-state index contributed by atoms with van der Waals surface area (Å²) in [5.41, 5.74) is 4.88. The van der Waals surface area contributed by atoms with Crippen molar-refractivity contribution in [1.29, 1.82) is 0 Å². The topological polar surface area (TPSA) is 46.5 Å². The van der Waals surface area contributed by atoms with E-state index in [4.69, 9.17) is 4.74 Å². The van der Waals surface area contributed by atoms with E-state index in [1.54, 1.807) is 6.21 Å². The predicted molar refractivity (Wildman–Crippen MR) is 83.4 cm³/mol. The van der Waals surface area contributed by atoms with Crippen molar-refractivity contribution in [2.75, 3.05) is 12.0 Å². The van der Waals surface area contributed by atoms with Gasteiger partial charge in [0.1, 0.15) is 5.75 Å². The fourth-order valence-corrected chi connectivity index (χ4v) is 2.59. The molecule has 1 aromatic heterocycles. The van der Waals surface area contributed by atoms with E-state index in [-0.39, 0.29) is 0 Å². The largest absolute Gasteiger partial charge is 0.493 e. The number of halogens is 1. The van der Waals surface area contributed by atoms with Crippen molar-refractivity contribution in [2.24, 2.45) is 5.10 Å². The highest BCUT2D eigenvalue weighted by molar-refractivity contribution is 9.10. The number of aryl methyl sites for hydroxylation is 1. The molecule has 1 N–H and O–H groups in total. The molecule has 0 spiro atoms. The Morgan fingerprint density at radius 2 is 2.37 bits per heavy atom. The summed E-state index contributed by atoms with van der Waals surface area (Å²) >= 11 is 5.00. The van der Waals surface area contributed by atoms with E-state index >= 15 is 0 Å². The van der Waals surface area contributed by atoms with Gasteiger partial charge in [0.15, 0.2) is 0 Å². The maximum absolute atomic E-state index is 5.45. The highest BCUT2D eigenvalue weighted by atomic mass is 79.9. The summed E-state index contributed by atoms with van der Waals surface area (Å²) in [6.07, 6.45) is 1.75. The SMILES string of the molecule is CCOc1ccc(C=NNc2nc(C)cs2)cc1Br. The first-order valence-electron chi connectivity index (χ1n) is 5.82. The van der Waals surface area contributed by atoms with Gasteiger partial charge < -0.3 is 4.74 Å². The lowest BCUT2D eigenvalue weighted by atomic mass is 10.2. The number of rotatable bonds is 5. The molecule has 0 aliphatic rings. The Kier molecular flexibility index (Phi) is 4.93. The Morgan fingerprint density at radius 1 is 1.53 bits per heavy atom. The van der Waals surface area contributed by atoms with E-state index in [0.717, 1.165) is 26.6 Å². The third-order valence-corrected chi connectivity index (χ3v) is 3.73. The quantitative estimate of drug-likeness (QED) is 0.660. The Bertz CT molecular complexity index is 583. The van der Waals surface area contributed by atoms with Gasteiger partial charge in [-0.25, -0.2) is 4.98 Å². The summed E-state index contributed by atoms with van der Waals surface area (Å²) < 4.78 is 6.37. The van der Waals surface area contributed by atoms with E-state index in [0.29, 0.717) is 6.61 Å². The van der Waals surface area contributed by atoms with Crippen molar-refractivity contribution >= 4 is 38.6 Å². The maximum atomic E-state index is 5.45. The molecule has 0 atom stereocenters. The third-order valence-electron chi connectivity index (χ3n) is 2.25. The molecule has 2 rings (SSSR count). The average molecular weight is 340 g/mol. The first-order valence-corrected chi connectivity index (χ1v) is 7.50. The van der Waals surface area contributed by atoms with Crippen molar-refractivity contribution in [3.8, 4) is 5.75 Å². The number of nitrogens with one attached hydrogen (secondary N) is 1. The number of benzene rings is 1. The molecule has 19 heavy (non-hydrogen) atoms. The number of aromatic nitrogens is 1. The molecule has 0 amide bonds. The second kappa shape index (κ2) is 6.68. The smallest absolute Gasteiger partial charge is 0.203 e. The van der Waals surface area contributed by atoms with Crippen LogP contribution in [0, 0.1) is 6.92 Å². The van der Waals surface area contributed by atoms with Crippen LogP contribution in [-0.2, 0) is 0 Å². The normalized spacial score (nSPS) is 10.9. The Balaban J connectivity index is 2.00. The number of hydrazone groups is 1. The average Bonchev–Trinajstić information content (AvgIpc) is 2.79. The molecule has 0 aliphatic carbocycles. The summed E-state index contributed by atoms with van der Waals surface area (Å²) in [5, 5.41) is 6.92. The highest BCUT2D eigenvalue weighted by Crippen LogP contribution is 2.25. The van der Waals surface area contributed by atoms with Crippen LogP contribution in [0.15, 0.2) is 33.2 Å². The summed E-state index contributed by atoms with van der Waals surface area (Å²) in [5.74, 6) is 0.836. The van der Waals surface area contributed by atoms with Gasteiger partial charge in [-0.15, -0.1) is 11.3 Å². The molecule has 0 saturated heterocycles. The molecule has 2 aromatic rings. The molecular weight excluding hydrogens is 326 g/mol. The Morgan fingerprint density at radius 3 is 3.00 bits per heavy atom. The van der Waals surface area contributed by atoms with E-state index in [9.17, 15) is 0 Å². The van der Waals surface area contributed by atoms with E-state index < -0.39 is 0 Å². The minimum atomic E-state index is 0.650. The molecule has 100 valence electrons. The third kappa shape index (κ3) is 4.04. The van der Waals surface area contributed by atoms with Gasteiger partial charge in [0, 0.05) is 5.38 Å². The zero-order valence-electron chi connectivity index (χ0n) is 10.7. The fourth-order valence-electron chi connectivity index (χ4n) is 1.44. The van der Waals surface area contributed by atoms with Crippen LogP contribution >= 0.6 is 27.3 Å². The van der Waals surface area contributed by atoms with Gasteiger partial charge in [-0.1, -0.05) is 0 Å². The van der Waals surface area contributed by atoms with E-state index in [1.165, 1.54) is 11.3 Å². The van der Waals surface area contributed by atoms with Crippen molar-refractivity contribution in [1.82, 2.24) is 4.98 Å². The number of thiazole rings is 1. The van der Waals surface area contributed by atoms with Crippen molar-refractivity contribution < 1.29 is 4.74 Å². The van der Waals surface area contributed by atoms with Crippen LogP contribution in [0.25, 0.3) is 0 Å². The van der Waals surface area contributed by atoms with Crippen LogP contribution < -0.4 is 10.2 Å². The zero-order valence-corrected chi connectivity index (χ0v) is 13.1. The van der Waals surface area contributed by atoms with Gasteiger partial charge in [0.25, 0.3) is 0 Å². The molecule has 4 nitrogen and oxygen atoms in total. The van der Waals surface area contributed by atoms with E-state index in [1.807, 2.05) is 37.4 Å². The summed E-state index contributed by atoms with van der Waals surface area (Å²) in [6, 6.07) is 5.83. The summed E-state index contributed by atoms with van der Waals surface area (Å²) in [7, 11) is 0. The van der Waals surface area contributed by atoms with Crippen molar-refractivity contribution in [3.63, 3.8) is 0 Å². The van der Waals surface area contributed by atoms with Crippen LogP contribution in [0.1, 0.15) is 18.2 Å². The molecule has 0 bridgehead atoms. The van der Waals surface area contributed by atoms with Crippen LogP contribution in [0.3, 0.4) is 0 Å². The van der Waals surface area contributed by atoms with Crippen LogP contribution in [0.2, 0.25) is 0 Å². The molecule has 0 unspecified atom stereocenters. The standard InChI is InChI=1S/C13H14BrN3OS/c1-3-18-12-5-4-10(6-11(12)14)7-15-17-13-16-9(2)8-19-13/h4-8H,3H2,1-2H3,(H,16,17). The molecule has 0 aliphatic heterocycles. The second-order valence-corrected chi connectivity index (χ2v) is 5.50. The van der Waals surface area contributed by atoms with Crippen molar-refractivity contribution in [2.45, 2.75) is 13.8 Å². The number of hydrogen-bond donors (Lipinski definition) is 1. The van der Waals surface area contributed by atoms with Crippen molar-refractivity contribution in [3.05, 3.63) is 39.3 Å². The van der Waals surface area contributed by atoms with Gasteiger partial charge in [0.2, 0.25) is 5.13 Å². The molecule has 0 fully saturated rings. The first kappa shape index (κ1) is 14.0. The van der Waals surface area contributed by atoms with Crippen LogP contribution in [0.5, 0.6) is 5.75 Å². The highest BCUT2D eigenvalue weighted by Gasteiger charge is 2.00. The monoisotopic (exact) mass is 339 g/mol. The van der Waals surface area contributed by atoms with Crippen LogP contribution in [0.4, 0.5) is 5.13 Å². The van der Waals surface area contributed by atoms with E-state index in [2.05, 4.69) is 31.4 Å². The lowest BCUT2D eigenvalue weighted by molar-refractivity contribution is 0.338. The van der Waals surface area contributed by atoms with Gasteiger partial charge in [-0.3, -0.25) is 5.43 Å². The number of ether oxygens (including phenoxy) is 1. The van der Waals surface area contributed by atoms with Crippen LogP contribution in [-0.4, -0.2) is 17.8 Å². The lowest BCUT2D eigenvalue weighted by Crippen LogP contribution is -1.94. The van der Waals surface area contributed by atoms with Gasteiger partial charge in [0.05, 0.1) is 23.0 Å². The fraction of sp³-hybridized carbons (Fsp3) is 0.231. The molecule has 1 aromatic carbocycles. The maximum Gasteiger partial charge on any atom is 0.203 e. The lowest BCUT2D eigenvalue weighted by Gasteiger charge is -2.05. The minimum Gasteiger partial charge on any atom is -0.493 e. The second-order valence-electron chi connectivity index (χ2n) is 3.79. The molecule has 0 radical (unpaired) electrons. The minimum absolute atomic E-state index is 0.650. The summed E-state index contributed by atoms with van der Waals surface area (Å²) in [4.78, 5) is 4.26. The molecule has 0 saturated carbocycles. The number of nitrogens with zero attached hydrogens (tertiary/aromatic N) is 2. The number of hydrogen-bond acceptors (Lipinski definition) is 5. The number of anilines is 1. The predicted octanol–water partition coefficient (Wildman–Crippen LogP) is 4.06. The van der Waals surface area contributed by atoms with Gasteiger partial charge in [-0.2, -0.15) is 5.10 Å².